The lowest BCUT2D eigenvalue weighted by Crippen LogP contribution is -2.14. The van der Waals surface area contributed by atoms with Crippen molar-refractivity contribution in [1.29, 1.82) is 0 Å². The van der Waals surface area contributed by atoms with Crippen LogP contribution >= 0.6 is 0 Å². The normalized spacial score (nSPS) is 12.5. The molecule has 116 heavy (non-hydrogen) atoms. The summed E-state index contributed by atoms with van der Waals surface area (Å²) in [6.07, 6.45) is 0. The van der Waals surface area contributed by atoms with Gasteiger partial charge >= 0.3 is 0 Å². The average molecular weight is 1490 g/mol. The van der Waals surface area contributed by atoms with Gasteiger partial charge in [-0.1, -0.05) is 287 Å². The Kier molecular flexibility index (Phi) is 15.1. The Morgan fingerprint density at radius 2 is 0.569 bits per heavy atom. The smallest absolute Gasteiger partial charge is 0.164 e. The summed E-state index contributed by atoms with van der Waals surface area (Å²) in [6.45, 7) is 4.70. The maximum atomic E-state index is 6.92. The van der Waals surface area contributed by atoms with Crippen molar-refractivity contribution in [3.05, 3.63) is 375 Å². The first kappa shape index (κ1) is 66.3. The molecular formula is C105H66N8O3. The van der Waals surface area contributed by atoms with Crippen LogP contribution in [0, 0.1) is 0 Å². The van der Waals surface area contributed by atoms with Crippen LogP contribution in [0.4, 0.5) is 0 Å². The number of hydrogen-bond acceptors (Lipinski definition) is 9. The molecule has 24 rings (SSSR count). The second-order valence-electron chi connectivity index (χ2n) is 30.4. The van der Waals surface area contributed by atoms with Crippen molar-refractivity contribution in [2.24, 2.45) is 0 Å². The summed E-state index contributed by atoms with van der Waals surface area (Å²) >= 11 is 0. The topological polar surface area (TPSA) is 127 Å². The zero-order valence-corrected chi connectivity index (χ0v) is 62.9. The van der Waals surface area contributed by atoms with E-state index in [9.17, 15) is 0 Å². The second-order valence-corrected chi connectivity index (χ2v) is 30.4. The number of benzene rings is 16. The Morgan fingerprint density at radius 1 is 0.207 bits per heavy atom. The zero-order chi connectivity index (χ0) is 76.7. The molecule has 0 bridgehead atoms. The largest absolute Gasteiger partial charge is 0.456 e. The van der Waals surface area contributed by atoms with Gasteiger partial charge in [-0.2, -0.15) is 0 Å². The van der Waals surface area contributed by atoms with Crippen LogP contribution in [0.1, 0.15) is 25.0 Å². The second kappa shape index (κ2) is 26.3. The van der Waals surface area contributed by atoms with Crippen LogP contribution < -0.4 is 0 Å². The fraction of sp³-hybridized carbons (Fsp3) is 0.0286. The third kappa shape index (κ3) is 10.8. The van der Waals surface area contributed by atoms with Gasteiger partial charge in [0.1, 0.15) is 33.5 Å². The maximum Gasteiger partial charge on any atom is 0.164 e. The Balaban J connectivity index is 0.000000137. The molecule has 11 nitrogen and oxygen atoms in total. The Labute approximate surface area is 665 Å². The van der Waals surface area contributed by atoms with E-state index in [4.69, 9.17) is 43.2 Å². The highest BCUT2D eigenvalue weighted by Gasteiger charge is 2.37. The molecule has 0 saturated carbocycles. The van der Waals surface area contributed by atoms with Crippen LogP contribution in [0.15, 0.2) is 377 Å². The molecular weight excluding hydrogens is 1420 g/mol. The first-order valence-corrected chi connectivity index (χ1v) is 39.1. The minimum atomic E-state index is -0.124. The molecule has 0 fully saturated rings. The molecule has 7 aromatic heterocycles. The fourth-order valence-corrected chi connectivity index (χ4v) is 17.7. The molecule has 0 aliphatic heterocycles. The minimum Gasteiger partial charge on any atom is -0.456 e. The number of nitrogens with zero attached hydrogens (tertiary/aromatic N) is 8. The maximum absolute atomic E-state index is 6.92. The summed E-state index contributed by atoms with van der Waals surface area (Å²) < 4.78 is 25.0. The third-order valence-corrected chi connectivity index (χ3v) is 23.3. The van der Waals surface area contributed by atoms with E-state index >= 15 is 0 Å². The van der Waals surface area contributed by atoms with Gasteiger partial charge in [-0.05, 0) is 118 Å². The molecule has 0 amide bonds. The van der Waals surface area contributed by atoms with Gasteiger partial charge in [0, 0.05) is 121 Å². The lowest BCUT2D eigenvalue weighted by atomic mass is 9.82. The molecule has 0 N–H and O–H groups in total. The highest BCUT2D eigenvalue weighted by atomic mass is 16.3. The Hall–Kier alpha value is -15.5. The monoisotopic (exact) mass is 1490 g/mol. The van der Waals surface area contributed by atoms with Crippen molar-refractivity contribution in [1.82, 2.24) is 39.0 Å². The van der Waals surface area contributed by atoms with Crippen LogP contribution in [-0.2, 0) is 5.41 Å². The van der Waals surface area contributed by atoms with E-state index in [1.165, 1.54) is 54.8 Å². The summed E-state index contributed by atoms with van der Waals surface area (Å²) in [5, 5.41) is 11.2. The van der Waals surface area contributed by atoms with Crippen LogP contribution in [-0.4, -0.2) is 39.0 Å². The molecule has 544 valence electrons. The van der Waals surface area contributed by atoms with Gasteiger partial charge in [-0.15, -0.1) is 0 Å². The van der Waals surface area contributed by atoms with Crippen molar-refractivity contribution in [2.45, 2.75) is 19.3 Å². The van der Waals surface area contributed by atoms with Gasteiger partial charge in [-0.3, -0.25) is 0 Å². The standard InChI is InChI=1S/C54H36N4O.C51H30N4O2/c1-54(2)45-24-14-12-22-38(45)42-31-43-39-23-13-15-25-47(39)58(48(43)32-46(42)54)37-29-41(33-16-6-3-7-17-33)50-44(30-37)40-27-26-36(28-49(40)59-50)53-56-51(34-18-8-4-9-19-34)55-52(57-53)35-20-10-5-11-21-35;1-4-14-31(15-5-1)39-27-35(55-43-22-12-10-20-36(43)40-29-41-37-21-11-13-23-45(37)56-47(41)30-44(40)55)28-42-38-25-24-34(26-46(38)57-48(39)42)51-53-49(32-16-6-2-7-17-32)52-50(54-51)33-18-8-3-9-19-33/h3-32H,1-2H3;1-30H. The Morgan fingerprint density at radius 3 is 1.03 bits per heavy atom. The predicted molar refractivity (Wildman–Crippen MR) is 471 cm³/mol. The van der Waals surface area contributed by atoms with Crippen LogP contribution in [0.3, 0.4) is 0 Å². The average Bonchev–Trinajstić information content (AvgIpc) is 1.55. The van der Waals surface area contributed by atoms with Gasteiger partial charge in [0.2, 0.25) is 0 Å². The molecule has 0 unspecified atom stereocenters. The van der Waals surface area contributed by atoms with Crippen molar-refractivity contribution in [3.8, 4) is 113 Å². The number of para-hydroxylation sites is 3. The van der Waals surface area contributed by atoms with Gasteiger partial charge < -0.3 is 22.4 Å². The van der Waals surface area contributed by atoms with Crippen LogP contribution in [0.5, 0.6) is 0 Å². The molecule has 0 saturated heterocycles. The lowest BCUT2D eigenvalue weighted by Gasteiger charge is -2.21. The molecule has 0 atom stereocenters. The number of hydrogen-bond donors (Lipinski definition) is 0. The van der Waals surface area contributed by atoms with E-state index in [0.717, 1.165) is 144 Å². The molecule has 23 aromatic rings. The number of fused-ring (bicyclic) bond motifs is 18. The third-order valence-electron chi connectivity index (χ3n) is 23.3. The fourth-order valence-electron chi connectivity index (χ4n) is 17.7. The summed E-state index contributed by atoms with van der Waals surface area (Å²) in [7, 11) is 0. The highest BCUT2D eigenvalue weighted by molar-refractivity contribution is 6.19. The van der Waals surface area contributed by atoms with Gasteiger partial charge in [0.15, 0.2) is 34.9 Å². The molecule has 1 aliphatic rings. The number of aromatic nitrogens is 8. The summed E-state index contributed by atoms with van der Waals surface area (Å²) in [5.41, 5.74) is 26.5. The summed E-state index contributed by atoms with van der Waals surface area (Å²) in [5.74, 6) is 3.65. The van der Waals surface area contributed by atoms with E-state index < -0.39 is 0 Å². The van der Waals surface area contributed by atoms with Crippen molar-refractivity contribution in [2.75, 3.05) is 0 Å². The van der Waals surface area contributed by atoms with E-state index in [0.29, 0.717) is 34.9 Å². The molecule has 7 heterocycles. The number of furan rings is 3. The SMILES string of the molecule is CC1(C)c2ccccc2-c2cc3c4ccccc4n(-c4cc(-c5ccccc5)c5oc6cc(-c7nc(-c8ccccc8)nc(-c8ccccc8)n7)ccc6c5c4)c3cc21.c1ccc(-c2nc(-c3ccccc3)nc(-c3ccc4c(c3)oc3c(-c5ccccc5)cc(-n5c6ccccc6c6cc7c(cc65)oc5ccccc57)cc34)n2)cc1. The van der Waals surface area contributed by atoms with E-state index in [2.05, 4.69) is 247 Å². The first-order chi connectivity index (χ1) is 57.2. The van der Waals surface area contributed by atoms with Crippen molar-refractivity contribution >= 4 is 109 Å². The van der Waals surface area contributed by atoms with Gasteiger partial charge in [0.05, 0.1) is 22.1 Å². The highest BCUT2D eigenvalue weighted by Crippen LogP contribution is 2.52. The van der Waals surface area contributed by atoms with Crippen molar-refractivity contribution in [3.63, 3.8) is 0 Å². The number of rotatable bonds is 10. The molecule has 0 spiro atoms. The minimum absolute atomic E-state index is 0.124. The van der Waals surface area contributed by atoms with Crippen molar-refractivity contribution < 1.29 is 13.3 Å². The van der Waals surface area contributed by atoms with E-state index in [-0.39, 0.29) is 5.41 Å². The zero-order valence-electron chi connectivity index (χ0n) is 62.9. The first-order valence-electron chi connectivity index (χ1n) is 39.1. The van der Waals surface area contributed by atoms with Crippen LogP contribution in [0.25, 0.3) is 223 Å². The Bertz CT molecular complexity index is 7790. The lowest BCUT2D eigenvalue weighted by molar-refractivity contribution is 0.661. The summed E-state index contributed by atoms with van der Waals surface area (Å²) in [6, 6.07) is 127. The molecule has 1 aliphatic carbocycles. The van der Waals surface area contributed by atoms with E-state index in [1.807, 2.05) is 140 Å². The molecule has 0 radical (unpaired) electrons. The molecule has 11 heteroatoms. The summed E-state index contributed by atoms with van der Waals surface area (Å²) in [4.78, 5) is 29.8. The van der Waals surface area contributed by atoms with Crippen LogP contribution in [0.2, 0.25) is 0 Å². The van der Waals surface area contributed by atoms with Gasteiger partial charge in [0.25, 0.3) is 0 Å². The van der Waals surface area contributed by atoms with Gasteiger partial charge in [-0.25, -0.2) is 29.9 Å². The predicted octanol–water partition coefficient (Wildman–Crippen LogP) is 27.3. The quantitative estimate of drug-likeness (QED) is 0.131. The molecule has 16 aromatic carbocycles. The van der Waals surface area contributed by atoms with E-state index in [1.54, 1.807) is 0 Å².